The fourth-order valence-corrected chi connectivity index (χ4v) is 2.48. The van der Waals surface area contributed by atoms with E-state index in [9.17, 15) is 0 Å². The minimum absolute atomic E-state index is 1.17. The Morgan fingerprint density at radius 3 is 1.55 bits per heavy atom. The second-order valence-corrected chi connectivity index (χ2v) is 6.43. The monoisotopic (exact) mass is 263 g/mol. The second kappa shape index (κ2) is 7.41. The van der Waals surface area contributed by atoms with Crippen LogP contribution in [-0.4, -0.2) is 48.6 Å². The van der Waals surface area contributed by atoms with E-state index in [4.69, 9.17) is 0 Å². The third kappa shape index (κ3) is 10.8. The molecule has 0 aromatic heterocycles. The van der Waals surface area contributed by atoms with Crippen molar-refractivity contribution in [1.82, 2.24) is 4.90 Å². The first-order chi connectivity index (χ1) is 5.13. The molecule has 1 aliphatic rings. The maximum atomic E-state index is 2.00. The average Bonchev–Trinajstić information content (AvgIpc) is 1.87. The minimum atomic E-state index is 1.17. The molecule has 0 heterocycles. The predicted octanol–water partition coefficient (Wildman–Crippen LogP) is 1.82. The summed E-state index contributed by atoms with van der Waals surface area (Å²) in [5.41, 5.74) is 0. The van der Waals surface area contributed by atoms with Gasteiger partial charge < -0.3 is 4.90 Å². The molecule has 0 bridgehead atoms. The molecule has 2 radical (unpaired) electrons. The van der Waals surface area contributed by atoms with Gasteiger partial charge in [0.15, 0.2) is 0 Å². The van der Waals surface area contributed by atoms with E-state index in [2.05, 4.69) is 0 Å². The Labute approximate surface area is 84.6 Å². The van der Waals surface area contributed by atoms with Gasteiger partial charge >= 0.3 is 58.6 Å². The summed E-state index contributed by atoms with van der Waals surface area (Å²) < 4.78 is 1.17. The van der Waals surface area contributed by atoms with Crippen molar-refractivity contribution in [3.63, 3.8) is 0 Å². The van der Waals surface area contributed by atoms with Crippen molar-refractivity contribution < 1.29 is 0 Å². The Kier molecular flexibility index (Phi) is 7.92. The molecule has 0 spiro atoms. The van der Waals surface area contributed by atoms with Crippen LogP contribution in [0, 0.1) is 0 Å². The standard InChI is InChI=1S/C6H11.C3H9N.Sn.H/c1-2-4-6-5-3-1;1-4(2)3;;/h1H,2-6H2;1-3H3;;. The van der Waals surface area contributed by atoms with Crippen molar-refractivity contribution in [3.05, 3.63) is 0 Å². The van der Waals surface area contributed by atoms with Crippen LogP contribution in [0.15, 0.2) is 0 Å². The predicted molar refractivity (Wildman–Crippen MR) is 53.6 cm³/mol. The average molecular weight is 262 g/mol. The summed E-state index contributed by atoms with van der Waals surface area (Å²) in [5, 5.41) is 0. The summed E-state index contributed by atoms with van der Waals surface area (Å²) in [6, 6.07) is 0. The quantitative estimate of drug-likeness (QED) is 0.602. The zero-order valence-corrected chi connectivity index (χ0v) is 11.4. The molecule has 2 heteroatoms. The van der Waals surface area contributed by atoms with Gasteiger partial charge in [0, 0.05) is 0 Å². The molecule has 1 fully saturated rings. The number of nitrogens with zero attached hydrogens (tertiary/aromatic N) is 1. The molecule has 11 heavy (non-hydrogen) atoms. The molecule has 0 aromatic carbocycles. The Bertz CT molecular complexity index is 74.9. The topological polar surface area (TPSA) is 3.24 Å². The van der Waals surface area contributed by atoms with Crippen LogP contribution in [0.3, 0.4) is 0 Å². The van der Waals surface area contributed by atoms with Gasteiger partial charge in [-0.3, -0.25) is 0 Å². The van der Waals surface area contributed by atoms with E-state index in [1.807, 2.05) is 26.0 Å². The van der Waals surface area contributed by atoms with Gasteiger partial charge in [0.05, 0.1) is 0 Å². The van der Waals surface area contributed by atoms with Crippen molar-refractivity contribution in [3.8, 4) is 0 Å². The van der Waals surface area contributed by atoms with E-state index in [-0.39, 0.29) is 0 Å². The number of rotatable bonds is 0. The molecule has 1 rings (SSSR count). The Morgan fingerprint density at radius 1 is 1.00 bits per heavy atom. The molecule has 0 amide bonds. The van der Waals surface area contributed by atoms with Gasteiger partial charge in [-0.1, -0.05) is 0 Å². The van der Waals surface area contributed by atoms with Gasteiger partial charge in [-0.2, -0.15) is 0 Å². The number of hydrogen-bond acceptors (Lipinski definition) is 1. The molecule has 0 unspecified atom stereocenters. The molecule has 1 saturated carbocycles. The Morgan fingerprint density at radius 2 is 1.36 bits per heavy atom. The van der Waals surface area contributed by atoms with Crippen molar-refractivity contribution in [1.29, 1.82) is 0 Å². The molecule has 0 atom stereocenters. The van der Waals surface area contributed by atoms with Crippen molar-refractivity contribution in [2.45, 2.75) is 36.0 Å². The van der Waals surface area contributed by atoms with Crippen LogP contribution in [-0.2, 0) is 0 Å². The summed E-state index contributed by atoms with van der Waals surface area (Å²) in [7, 11) is 6.00. The van der Waals surface area contributed by atoms with E-state index in [1.54, 1.807) is 12.8 Å². The molecule has 66 valence electrons. The van der Waals surface area contributed by atoms with Gasteiger partial charge in [0.25, 0.3) is 0 Å². The first-order valence-electron chi connectivity index (χ1n) is 4.49. The van der Waals surface area contributed by atoms with Crippen molar-refractivity contribution in [2.75, 3.05) is 21.1 Å². The first-order valence-corrected chi connectivity index (χ1v) is 6.39. The fraction of sp³-hybridized carbons (Fsp3) is 1.00. The summed E-state index contributed by atoms with van der Waals surface area (Å²) in [4.78, 5) is 2.00. The summed E-state index contributed by atoms with van der Waals surface area (Å²) in [6.07, 6.45) is 7.64. The maximum absolute atomic E-state index is 2.00. The molecular weight excluding hydrogens is 241 g/mol. The van der Waals surface area contributed by atoms with Gasteiger partial charge in [0.2, 0.25) is 0 Å². The molecule has 0 saturated heterocycles. The van der Waals surface area contributed by atoms with Crippen LogP contribution in [0.25, 0.3) is 0 Å². The van der Waals surface area contributed by atoms with E-state index in [0.717, 1.165) is 0 Å². The van der Waals surface area contributed by atoms with Gasteiger partial charge in [-0.25, -0.2) is 0 Å². The van der Waals surface area contributed by atoms with Gasteiger partial charge in [-0.15, -0.1) is 0 Å². The fourth-order valence-electron chi connectivity index (χ4n) is 1.13. The normalized spacial score (nSPS) is 19.4. The van der Waals surface area contributed by atoms with Crippen molar-refractivity contribution in [2.24, 2.45) is 0 Å². The molecule has 0 aromatic rings. The van der Waals surface area contributed by atoms with E-state index in [1.165, 1.54) is 45.7 Å². The van der Waals surface area contributed by atoms with Crippen molar-refractivity contribution >= 4 is 22.5 Å². The molecular formula is C9H21NSn. The summed E-state index contributed by atoms with van der Waals surface area (Å²) in [6.45, 7) is 0. The van der Waals surface area contributed by atoms with Crippen LogP contribution in [0.2, 0.25) is 3.93 Å². The van der Waals surface area contributed by atoms with Crippen LogP contribution in [0.4, 0.5) is 0 Å². The van der Waals surface area contributed by atoms with Crippen LogP contribution >= 0.6 is 0 Å². The third-order valence-electron chi connectivity index (χ3n) is 1.65. The molecule has 1 aliphatic carbocycles. The zero-order valence-electron chi connectivity index (χ0n) is 8.14. The molecule has 1 nitrogen and oxygen atoms in total. The molecule has 0 aliphatic heterocycles. The summed E-state index contributed by atoms with van der Waals surface area (Å²) >= 11 is 1.51. The van der Waals surface area contributed by atoms with Crippen LogP contribution < -0.4 is 0 Å². The third-order valence-corrected chi connectivity index (χ3v) is 3.55. The number of hydrogen-bond donors (Lipinski definition) is 0. The Hall–Kier alpha value is 0.759. The van der Waals surface area contributed by atoms with E-state index in [0.29, 0.717) is 0 Å². The second-order valence-electron chi connectivity index (χ2n) is 3.74. The van der Waals surface area contributed by atoms with Crippen LogP contribution in [0.5, 0.6) is 0 Å². The zero-order chi connectivity index (χ0) is 8.69. The van der Waals surface area contributed by atoms with Gasteiger partial charge in [-0.05, 0) is 21.1 Å². The first kappa shape index (κ1) is 11.8. The Balaban J connectivity index is 0.000000218. The van der Waals surface area contributed by atoms with E-state index >= 15 is 0 Å². The SMILES string of the molecule is CN(C)C.[SnH][CH]1CCCCC1. The molecule has 0 N–H and O–H groups in total. The van der Waals surface area contributed by atoms with E-state index < -0.39 is 0 Å². The summed E-state index contributed by atoms with van der Waals surface area (Å²) in [5.74, 6) is 0. The van der Waals surface area contributed by atoms with Crippen LogP contribution in [0.1, 0.15) is 32.1 Å². The van der Waals surface area contributed by atoms with Gasteiger partial charge in [0.1, 0.15) is 0 Å².